The maximum absolute atomic E-state index is 14.4. The molecule has 3 aliphatic carbocycles. The number of hydrogen-bond donors (Lipinski definition) is 4. The zero-order valence-electron chi connectivity index (χ0n) is 26.6. The lowest BCUT2D eigenvalue weighted by molar-refractivity contribution is -0.171. The van der Waals surface area contributed by atoms with Crippen LogP contribution in [0.15, 0.2) is 28.7 Å². The summed E-state index contributed by atoms with van der Waals surface area (Å²) in [4.78, 5) is 40.9. The van der Waals surface area contributed by atoms with Gasteiger partial charge in [-0.25, -0.2) is 0 Å². The van der Waals surface area contributed by atoms with Crippen LogP contribution >= 0.6 is 0 Å². The minimum absolute atomic E-state index is 0.0593. The lowest BCUT2D eigenvalue weighted by Gasteiger charge is -2.59. The number of aliphatic hydroxyl groups excluding tert-OH is 2. The molecule has 0 amide bonds. The summed E-state index contributed by atoms with van der Waals surface area (Å²) in [6, 6.07) is 2.01. The van der Waals surface area contributed by atoms with Crippen LogP contribution in [0.3, 0.4) is 0 Å². The molecule has 3 aliphatic rings. The van der Waals surface area contributed by atoms with Crippen molar-refractivity contribution in [2.45, 2.75) is 112 Å². The molecular weight excluding hydrogens is 532 g/mol. The summed E-state index contributed by atoms with van der Waals surface area (Å²) < 4.78 is 0. The maximum Gasteiger partial charge on any atom is 0.209 e. The SMILES string of the molecule is CCC(C)CCCc1cc(C(C)C)c2c(c1O)C(=O)C1=C(O)[C@@]3(O)C(=O)C(C(C)=O)=C(O)C(C(C)C)[C@@]3(C)C[C@@]1(C)C2. The van der Waals surface area contributed by atoms with Gasteiger partial charge in [0.25, 0.3) is 0 Å². The number of phenolic OH excluding ortho intramolecular Hbond substituents is 1. The average molecular weight is 581 g/mol. The Morgan fingerprint density at radius 1 is 1.07 bits per heavy atom. The third kappa shape index (κ3) is 4.37. The summed E-state index contributed by atoms with van der Waals surface area (Å²) in [6.45, 7) is 16.7. The number of allylic oxidation sites excluding steroid dienone is 2. The molecule has 0 aromatic heterocycles. The van der Waals surface area contributed by atoms with Gasteiger partial charge < -0.3 is 20.4 Å². The van der Waals surface area contributed by atoms with Crippen molar-refractivity contribution in [2.24, 2.45) is 28.6 Å². The fraction of sp³-hybridized carbons (Fsp3) is 0.629. The van der Waals surface area contributed by atoms with Crippen LogP contribution in [0.1, 0.15) is 121 Å². The van der Waals surface area contributed by atoms with Crippen molar-refractivity contribution in [1.82, 2.24) is 0 Å². The number of aryl methyl sites for hydroxylation is 1. The van der Waals surface area contributed by atoms with Gasteiger partial charge in [-0.15, -0.1) is 0 Å². The van der Waals surface area contributed by atoms with Gasteiger partial charge in [0.05, 0.1) is 5.56 Å². The highest BCUT2D eigenvalue weighted by Gasteiger charge is 2.71. The molecule has 1 aromatic carbocycles. The van der Waals surface area contributed by atoms with Crippen LogP contribution in [0.2, 0.25) is 0 Å². The number of benzene rings is 1. The molecule has 0 saturated carbocycles. The Bertz CT molecular complexity index is 1410. The van der Waals surface area contributed by atoms with Gasteiger partial charge in [0.1, 0.15) is 22.8 Å². The molecule has 5 atom stereocenters. The lowest BCUT2D eigenvalue weighted by Crippen LogP contribution is -2.67. The fourth-order valence-corrected chi connectivity index (χ4v) is 8.44. The molecule has 0 bridgehead atoms. The first-order valence-corrected chi connectivity index (χ1v) is 15.5. The molecule has 0 fully saturated rings. The van der Waals surface area contributed by atoms with Crippen molar-refractivity contribution in [1.29, 1.82) is 0 Å². The van der Waals surface area contributed by atoms with Gasteiger partial charge in [0.2, 0.25) is 5.78 Å². The Morgan fingerprint density at radius 3 is 2.21 bits per heavy atom. The second-order valence-corrected chi connectivity index (χ2v) is 14.3. The van der Waals surface area contributed by atoms with E-state index in [0.29, 0.717) is 24.3 Å². The number of aliphatic hydroxyl groups is 3. The van der Waals surface area contributed by atoms with Gasteiger partial charge in [-0.05, 0) is 67.1 Å². The number of rotatable bonds is 8. The Kier molecular flexibility index (Phi) is 8.12. The molecule has 42 heavy (non-hydrogen) atoms. The third-order valence-corrected chi connectivity index (χ3v) is 10.6. The Labute approximate surface area is 249 Å². The summed E-state index contributed by atoms with van der Waals surface area (Å²) in [5, 5.41) is 46.9. The molecule has 230 valence electrons. The first kappa shape index (κ1) is 32.0. The summed E-state index contributed by atoms with van der Waals surface area (Å²) in [5.41, 5.74) is -3.18. The number of aromatic hydroxyl groups is 1. The minimum atomic E-state index is -2.60. The van der Waals surface area contributed by atoms with Crippen molar-refractivity contribution < 1.29 is 34.8 Å². The lowest BCUT2D eigenvalue weighted by atomic mass is 9.44. The molecule has 1 aromatic rings. The van der Waals surface area contributed by atoms with Gasteiger partial charge in [0, 0.05) is 22.3 Å². The van der Waals surface area contributed by atoms with Crippen LogP contribution in [0.5, 0.6) is 5.75 Å². The van der Waals surface area contributed by atoms with Crippen LogP contribution in [-0.2, 0) is 22.4 Å². The molecule has 0 radical (unpaired) electrons. The second-order valence-electron chi connectivity index (χ2n) is 14.3. The number of carbonyl (C=O) groups is 3. The highest BCUT2D eigenvalue weighted by atomic mass is 16.3. The molecule has 0 aliphatic heterocycles. The van der Waals surface area contributed by atoms with E-state index in [4.69, 9.17) is 0 Å². The number of fused-ring (bicyclic) bond motifs is 3. The molecule has 4 N–H and O–H groups in total. The molecule has 7 nitrogen and oxygen atoms in total. The molecule has 4 rings (SSSR count). The number of ketones is 3. The van der Waals surface area contributed by atoms with E-state index in [1.807, 2.05) is 40.7 Å². The smallest absolute Gasteiger partial charge is 0.209 e. The predicted octanol–water partition coefficient (Wildman–Crippen LogP) is 6.84. The number of Topliss-reactive ketones (excluding diaryl/α,β-unsaturated/α-hetero) is 3. The van der Waals surface area contributed by atoms with Gasteiger partial charge in [-0.1, -0.05) is 74.3 Å². The minimum Gasteiger partial charge on any atom is -0.511 e. The Morgan fingerprint density at radius 2 is 1.69 bits per heavy atom. The monoisotopic (exact) mass is 580 g/mol. The molecular formula is C35H48O7. The summed E-state index contributed by atoms with van der Waals surface area (Å²) in [7, 11) is 0. The van der Waals surface area contributed by atoms with Crippen molar-refractivity contribution in [3.8, 4) is 5.75 Å². The van der Waals surface area contributed by atoms with E-state index in [-0.39, 0.29) is 40.9 Å². The molecule has 0 spiro atoms. The van der Waals surface area contributed by atoms with Gasteiger partial charge in [0.15, 0.2) is 17.2 Å². The number of hydrogen-bond acceptors (Lipinski definition) is 7. The van der Waals surface area contributed by atoms with E-state index >= 15 is 0 Å². The molecule has 7 heteroatoms. The summed E-state index contributed by atoms with van der Waals surface area (Å²) >= 11 is 0. The highest BCUT2D eigenvalue weighted by Crippen LogP contribution is 2.65. The fourth-order valence-electron chi connectivity index (χ4n) is 8.44. The largest absolute Gasteiger partial charge is 0.511 e. The van der Waals surface area contributed by atoms with E-state index in [1.54, 1.807) is 6.92 Å². The first-order chi connectivity index (χ1) is 19.4. The Hall–Kier alpha value is -2.93. The zero-order valence-corrected chi connectivity index (χ0v) is 26.6. The normalized spacial score (nSPS) is 30.0. The van der Waals surface area contributed by atoms with E-state index in [0.717, 1.165) is 37.3 Å². The highest BCUT2D eigenvalue weighted by molar-refractivity contribution is 6.25. The van der Waals surface area contributed by atoms with Crippen LogP contribution in [0.4, 0.5) is 0 Å². The van der Waals surface area contributed by atoms with E-state index in [9.17, 15) is 34.8 Å². The van der Waals surface area contributed by atoms with Crippen molar-refractivity contribution in [3.05, 3.63) is 51.0 Å². The van der Waals surface area contributed by atoms with Gasteiger partial charge >= 0.3 is 0 Å². The van der Waals surface area contributed by atoms with Crippen LogP contribution in [0, 0.1) is 28.6 Å². The van der Waals surface area contributed by atoms with Crippen molar-refractivity contribution in [3.63, 3.8) is 0 Å². The van der Waals surface area contributed by atoms with Crippen LogP contribution in [-0.4, -0.2) is 43.4 Å². The van der Waals surface area contributed by atoms with E-state index in [1.165, 1.54) is 0 Å². The van der Waals surface area contributed by atoms with Crippen molar-refractivity contribution >= 4 is 17.3 Å². The van der Waals surface area contributed by atoms with E-state index in [2.05, 4.69) is 13.8 Å². The van der Waals surface area contributed by atoms with Gasteiger partial charge in [-0.2, -0.15) is 0 Å². The maximum atomic E-state index is 14.4. The van der Waals surface area contributed by atoms with Crippen LogP contribution in [0.25, 0.3) is 0 Å². The first-order valence-electron chi connectivity index (χ1n) is 15.5. The molecule has 0 heterocycles. The molecule has 0 saturated heterocycles. The average Bonchev–Trinajstić information content (AvgIpc) is 2.86. The standard InChI is InChI=1S/C35H48O7/c1-10-19(6)12-11-13-21-14-22(17(2)3)23-15-33(8)16-34(9)26(18(4)5)29(38)24(20(7)36)31(40)35(34,42)32(41)27(33)30(39)25(23)28(21)37/h14,17-19,26,37-38,41-42H,10-13,15-16H2,1-9H3/t19?,26?,33-,34-,35+/m1/s1. The van der Waals surface area contributed by atoms with Crippen LogP contribution < -0.4 is 0 Å². The van der Waals surface area contributed by atoms with E-state index < -0.39 is 51.0 Å². The Balaban J connectivity index is 1.98. The van der Waals surface area contributed by atoms with Crippen molar-refractivity contribution in [2.75, 3.05) is 0 Å². The predicted molar refractivity (Wildman–Crippen MR) is 162 cm³/mol. The third-order valence-electron chi connectivity index (χ3n) is 10.6. The summed E-state index contributed by atoms with van der Waals surface area (Å²) in [5.74, 6) is -4.20. The topological polar surface area (TPSA) is 132 Å². The second kappa shape index (κ2) is 10.7. The zero-order chi connectivity index (χ0) is 31.7. The van der Waals surface area contributed by atoms with Gasteiger partial charge in [-0.3, -0.25) is 14.4 Å². The number of carbonyl (C=O) groups excluding carboxylic acids is 3. The summed E-state index contributed by atoms with van der Waals surface area (Å²) in [6.07, 6.45) is 3.91. The quantitative estimate of drug-likeness (QED) is 0.248. The number of phenols is 1. The molecule has 2 unspecified atom stereocenters.